The molecule has 0 aromatic heterocycles. The second-order valence-electron chi connectivity index (χ2n) is 3.18. The molecule has 0 heterocycles. The van der Waals surface area contributed by atoms with Crippen molar-refractivity contribution >= 4 is 21.7 Å². The van der Waals surface area contributed by atoms with Crippen LogP contribution in [0.5, 0.6) is 0 Å². The summed E-state index contributed by atoms with van der Waals surface area (Å²) in [5, 5.41) is 8.64. The lowest BCUT2D eigenvalue weighted by molar-refractivity contribution is -0.115. The molecule has 0 fully saturated rings. The second-order valence-corrected chi connectivity index (χ2v) is 5.13. The average molecular weight is 261 g/mol. The maximum absolute atomic E-state index is 13.3. The molecule has 1 amide bonds. The van der Waals surface area contributed by atoms with Crippen LogP contribution in [0.4, 0.5) is 4.39 Å². The third-order valence-electron chi connectivity index (χ3n) is 1.85. The lowest BCUT2D eigenvalue weighted by atomic mass is 10.2. The molecule has 0 saturated heterocycles. The summed E-state index contributed by atoms with van der Waals surface area (Å²) in [5.41, 5.74) is 4.31. The van der Waals surface area contributed by atoms with Gasteiger partial charge in [-0.1, -0.05) is 0 Å². The number of carbonyl (C=O) groups is 2. The Labute approximate surface area is 95.8 Å². The van der Waals surface area contributed by atoms with Crippen molar-refractivity contribution in [2.75, 3.05) is 5.75 Å². The number of carbonyl (C=O) groups excluding carboxylic acids is 1. The van der Waals surface area contributed by atoms with E-state index in [1.54, 1.807) is 0 Å². The van der Waals surface area contributed by atoms with Crippen molar-refractivity contribution in [1.29, 1.82) is 0 Å². The predicted molar refractivity (Wildman–Crippen MR) is 54.6 cm³/mol. The van der Waals surface area contributed by atoms with E-state index in [2.05, 4.69) is 0 Å². The van der Waals surface area contributed by atoms with E-state index in [1.807, 2.05) is 0 Å². The third-order valence-corrected chi connectivity index (χ3v) is 3.49. The molecule has 1 aromatic carbocycles. The van der Waals surface area contributed by atoms with Crippen LogP contribution in [0.15, 0.2) is 23.1 Å². The van der Waals surface area contributed by atoms with Crippen LogP contribution in [0, 0.1) is 5.82 Å². The van der Waals surface area contributed by atoms with Crippen molar-refractivity contribution in [3.8, 4) is 0 Å². The number of sulfone groups is 1. The van der Waals surface area contributed by atoms with Crippen LogP contribution in [0.2, 0.25) is 0 Å². The zero-order valence-corrected chi connectivity index (χ0v) is 9.20. The van der Waals surface area contributed by atoms with Gasteiger partial charge in [0.2, 0.25) is 5.91 Å². The van der Waals surface area contributed by atoms with E-state index in [9.17, 15) is 22.4 Å². The van der Waals surface area contributed by atoms with Crippen LogP contribution in [0.25, 0.3) is 0 Å². The smallest absolute Gasteiger partial charge is 0.335 e. The van der Waals surface area contributed by atoms with Gasteiger partial charge in [-0.05, 0) is 18.2 Å². The van der Waals surface area contributed by atoms with Gasteiger partial charge >= 0.3 is 5.97 Å². The molecule has 0 unspecified atom stereocenters. The van der Waals surface area contributed by atoms with Gasteiger partial charge in [0.05, 0.1) is 5.56 Å². The summed E-state index contributed by atoms with van der Waals surface area (Å²) in [5.74, 6) is -4.76. The number of primary amides is 1. The van der Waals surface area contributed by atoms with E-state index < -0.39 is 43.7 Å². The number of nitrogens with two attached hydrogens (primary N) is 1. The van der Waals surface area contributed by atoms with Crippen molar-refractivity contribution in [3.63, 3.8) is 0 Å². The first-order valence-electron chi connectivity index (χ1n) is 4.28. The molecule has 0 aliphatic rings. The standard InChI is InChI=1S/C9H8FNO5S/c10-6-2-1-5(9(13)14)3-7(6)17(15,16)4-8(11)12/h1-3H,4H2,(H2,11,12)(H,13,14). The Bertz CT molecular complexity index is 581. The average Bonchev–Trinajstić information content (AvgIpc) is 2.15. The molecular formula is C9H8FNO5S. The number of halogens is 1. The van der Waals surface area contributed by atoms with Crippen molar-refractivity contribution in [3.05, 3.63) is 29.6 Å². The molecular weight excluding hydrogens is 253 g/mol. The molecule has 0 aliphatic carbocycles. The fraction of sp³-hybridized carbons (Fsp3) is 0.111. The zero-order chi connectivity index (χ0) is 13.2. The molecule has 0 aliphatic heterocycles. The molecule has 0 atom stereocenters. The minimum Gasteiger partial charge on any atom is -0.478 e. The highest BCUT2D eigenvalue weighted by molar-refractivity contribution is 7.92. The van der Waals surface area contributed by atoms with Gasteiger partial charge in [0, 0.05) is 0 Å². The number of aromatic carboxylic acids is 1. The quantitative estimate of drug-likeness (QED) is 0.777. The van der Waals surface area contributed by atoms with Gasteiger partial charge in [-0.3, -0.25) is 4.79 Å². The maximum Gasteiger partial charge on any atom is 0.335 e. The molecule has 1 aromatic rings. The van der Waals surface area contributed by atoms with Gasteiger partial charge < -0.3 is 10.8 Å². The van der Waals surface area contributed by atoms with Gasteiger partial charge in [0.25, 0.3) is 0 Å². The highest BCUT2D eigenvalue weighted by atomic mass is 32.2. The number of carboxylic acids is 1. The number of benzene rings is 1. The lowest BCUT2D eigenvalue weighted by Crippen LogP contribution is -2.24. The normalized spacial score (nSPS) is 11.1. The van der Waals surface area contributed by atoms with E-state index >= 15 is 0 Å². The van der Waals surface area contributed by atoms with E-state index in [0.29, 0.717) is 12.1 Å². The Morgan fingerprint density at radius 1 is 1.35 bits per heavy atom. The maximum atomic E-state index is 13.3. The van der Waals surface area contributed by atoms with Gasteiger partial charge in [-0.15, -0.1) is 0 Å². The van der Waals surface area contributed by atoms with Crippen LogP contribution in [-0.4, -0.2) is 31.2 Å². The molecule has 0 radical (unpaired) electrons. The zero-order valence-electron chi connectivity index (χ0n) is 8.38. The highest BCUT2D eigenvalue weighted by Crippen LogP contribution is 2.17. The second kappa shape index (κ2) is 4.50. The van der Waals surface area contributed by atoms with E-state index in [4.69, 9.17) is 10.8 Å². The Hall–Kier alpha value is -1.96. The third kappa shape index (κ3) is 3.00. The first-order valence-corrected chi connectivity index (χ1v) is 5.93. The Balaban J connectivity index is 3.35. The van der Waals surface area contributed by atoms with Gasteiger partial charge in [-0.25, -0.2) is 17.6 Å². The van der Waals surface area contributed by atoms with Crippen molar-refractivity contribution in [1.82, 2.24) is 0 Å². The van der Waals surface area contributed by atoms with E-state index in [-0.39, 0.29) is 0 Å². The summed E-state index contributed by atoms with van der Waals surface area (Å²) in [6.07, 6.45) is 0. The Morgan fingerprint density at radius 2 is 1.94 bits per heavy atom. The van der Waals surface area contributed by atoms with Crippen LogP contribution in [-0.2, 0) is 14.6 Å². The molecule has 0 spiro atoms. The molecule has 0 bridgehead atoms. The summed E-state index contributed by atoms with van der Waals surface area (Å²) < 4.78 is 36.3. The molecule has 0 saturated carbocycles. The summed E-state index contributed by atoms with van der Waals surface area (Å²) in [7, 11) is -4.26. The van der Waals surface area contributed by atoms with E-state index in [1.165, 1.54) is 0 Å². The summed E-state index contributed by atoms with van der Waals surface area (Å²) >= 11 is 0. The number of hydrogen-bond acceptors (Lipinski definition) is 4. The monoisotopic (exact) mass is 261 g/mol. The molecule has 8 heteroatoms. The van der Waals surface area contributed by atoms with Crippen molar-refractivity contribution in [2.45, 2.75) is 4.90 Å². The summed E-state index contributed by atoms with van der Waals surface area (Å²) in [6.45, 7) is 0. The van der Waals surface area contributed by atoms with Gasteiger partial charge in [0.15, 0.2) is 9.84 Å². The SMILES string of the molecule is NC(=O)CS(=O)(=O)c1cc(C(=O)O)ccc1F. The number of carboxylic acid groups (broad SMARTS) is 1. The molecule has 17 heavy (non-hydrogen) atoms. The fourth-order valence-corrected chi connectivity index (χ4v) is 2.34. The molecule has 1 rings (SSSR count). The van der Waals surface area contributed by atoms with Crippen LogP contribution >= 0.6 is 0 Å². The van der Waals surface area contributed by atoms with Crippen LogP contribution in [0.3, 0.4) is 0 Å². The number of amides is 1. The Morgan fingerprint density at radius 3 is 2.41 bits per heavy atom. The van der Waals surface area contributed by atoms with Crippen molar-refractivity contribution < 1.29 is 27.5 Å². The minimum atomic E-state index is -4.26. The largest absolute Gasteiger partial charge is 0.478 e. The first kappa shape index (κ1) is 13.1. The first-order chi connectivity index (χ1) is 7.74. The lowest BCUT2D eigenvalue weighted by Gasteiger charge is -2.04. The number of rotatable bonds is 4. The minimum absolute atomic E-state index is 0.394. The summed E-state index contributed by atoms with van der Waals surface area (Å²) in [4.78, 5) is 20.3. The fourth-order valence-electron chi connectivity index (χ4n) is 1.14. The van der Waals surface area contributed by atoms with Gasteiger partial charge in [0.1, 0.15) is 16.5 Å². The topological polar surface area (TPSA) is 115 Å². The van der Waals surface area contributed by atoms with Gasteiger partial charge in [-0.2, -0.15) is 0 Å². The van der Waals surface area contributed by atoms with Crippen LogP contribution in [0.1, 0.15) is 10.4 Å². The number of hydrogen-bond donors (Lipinski definition) is 2. The predicted octanol–water partition coefficient (Wildman–Crippen LogP) is -0.217. The summed E-state index contributed by atoms with van der Waals surface area (Å²) in [6, 6.07) is 2.27. The van der Waals surface area contributed by atoms with Crippen LogP contribution < -0.4 is 5.73 Å². The van der Waals surface area contributed by atoms with Crippen molar-refractivity contribution in [2.24, 2.45) is 5.73 Å². The Kier molecular flexibility index (Phi) is 3.47. The highest BCUT2D eigenvalue weighted by Gasteiger charge is 2.23. The molecule has 3 N–H and O–H groups in total. The van der Waals surface area contributed by atoms with E-state index in [0.717, 1.165) is 6.07 Å². The molecule has 6 nitrogen and oxygen atoms in total. The molecule has 92 valence electrons.